The molecule has 2 saturated heterocycles. The summed E-state index contributed by atoms with van der Waals surface area (Å²) >= 11 is 3.07. The maximum Gasteiger partial charge on any atom is 0.330 e. The molecule has 0 bridgehead atoms. The third kappa shape index (κ3) is 2.87. The highest BCUT2D eigenvalue weighted by molar-refractivity contribution is 8.01. The second-order valence-electron chi connectivity index (χ2n) is 7.26. The molecule has 27 heavy (non-hydrogen) atoms. The first-order valence-corrected chi connectivity index (χ1v) is 10.7. The van der Waals surface area contributed by atoms with E-state index < -0.39 is 18.1 Å². The first-order chi connectivity index (χ1) is 12.7. The van der Waals surface area contributed by atoms with Crippen LogP contribution in [-0.2, 0) is 14.3 Å². The third-order valence-corrected chi connectivity index (χ3v) is 8.06. The zero-order valence-electron chi connectivity index (χ0n) is 15.6. The topological polar surface area (TPSA) is 92.4 Å². The van der Waals surface area contributed by atoms with E-state index in [0.717, 1.165) is 16.9 Å². The Morgan fingerprint density at radius 1 is 1.41 bits per heavy atom. The Morgan fingerprint density at radius 2 is 2.15 bits per heavy atom. The fourth-order valence-electron chi connectivity index (χ4n) is 3.77. The number of aromatic nitrogens is 2. The monoisotopic (exact) mass is 407 g/mol. The molecule has 0 saturated carbocycles. The number of carbonyl (C=O) groups is 2. The number of ether oxygens (including phenoxy) is 1. The summed E-state index contributed by atoms with van der Waals surface area (Å²) < 4.78 is 5.59. The van der Waals surface area contributed by atoms with Crippen LogP contribution >= 0.6 is 23.1 Å². The van der Waals surface area contributed by atoms with Crippen LogP contribution in [0.15, 0.2) is 4.79 Å². The molecule has 0 unspecified atom stereocenters. The van der Waals surface area contributed by atoms with E-state index in [1.807, 2.05) is 20.8 Å². The molecule has 0 radical (unpaired) electrons. The second-order valence-corrected chi connectivity index (χ2v) is 9.96. The molecule has 2 fully saturated rings. The summed E-state index contributed by atoms with van der Waals surface area (Å²) in [6.07, 6.45) is 0.510. The van der Waals surface area contributed by atoms with Crippen LogP contribution in [-0.4, -0.2) is 43.4 Å². The Balaban J connectivity index is 1.57. The van der Waals surface area contributed by atoms with Gasteiger partial charge in [0.25, 0.3) is 5.56 Å². The number of H-pyrrole nitrogens is 1. The summed E-state index contributed by atoms with van der Waals surface area (Å²) in [6.45, 7) is 7.53. The lowest BCUT2D eigenvalue weighted by Gasteiger charge is -2.29. The molecule has 4 rings (SSSR count). The van der Waals surface area contributed by atoms with Crippen molar-refractivity contribution < 1.29 is 14.3 Å². The standard InChI is InChI=1S/C18H21N3O4S2/c1-8-10(3)27-16-13(8)15(23)19-14(20-16)9(2)25-17(24)11-7-26-18(4)6-5-12(22)21(11)18/h9,11H,5-7H2,1-4H3,(H,19,20,23)/t9-,11-,18-/m0/s1. The van der Waals surface area contributed by atoms with Crippen molar-refractivity contribution in [2.75, 3.05) is 5.75 Å². The van der Waals surface area contributed by atoms with Crippen molar-refractivity contribution >= 4 is 45.2 Å². The Morgan fingerprint density at radius 3 is 2.89 bits per heavy atom. The van der Waals surface area contributed by atoms with E-state index in [-0.39, 0.29) is 16.3 Å². The largest absolute Gasteiger partial charge is 0.453 e. The summed E-state index contributed by atoms with van der Waals surface area (Å²) in [6, 6.07) is -0.584. The maximum absolute atomic E-state index is 12.7. The van der Waals surface area contributed by atoms with E-state index >= 15 is 0 Å². The highest BCUT2D eigenvalue weighted by Gasteiger charge is 2.53. The van der Waals surface area contributed by atoms with Crippen LogP contribution in [0.5, 0.6) is 0 Å². The molecule has 0 spiro atoms. The van der Waals surface area contributed by atoms with Gasteiger partial charge in [-0.1, -0.05) is 0 Å². The van der Waals surface area contributed by atoms with Gasteiger partial charge in [-0.25, -0.2) is 9.78 Å². The highest BCUT2D eigenvalue weighted by atomic mass is 32.2. The predicted octanol–water partition coefficient (Wildman–Crippen LogP) is 2.66. The molecule has 0 aromatic carbocycles. The van der Waals surface area contributed by atoms with Gasteiger partial charge in [0.05, 0.1) is 10.3 Å². The van der Waals surface area contributed by atoms with E-state index in [1.165, 1.54) is 11.3 Å². The summed E-state index contributed by atoms with van der Waals surface area (Å²) in [5, 5.41) is 0.588. The van der Waals surface area contributed by atoms with Crippen LogP contribution in [0.25, 0.3) is 10.2 Å². The number of fused-ring (bicyclic) bond motifs is 2. The molecule has 2 aromatic rings. The zero-order valence-corrected chi connectivity index (χ0v) is 17.3. The summed E-state index contributed by atoms with van der Waals surface area (Å²) in [7, 11) is 0. The first kappa shape index (κ1) is 18.5. The number of thioether (sulfide) groups is 1. The Kier molecular flexibility index (Phi) is 4.34. The molecular formula is C18H21N3O4S2. The molecule has 2 aromatic heterocycles. The molecular weight excluding hydrogens is 386 g/mol. The fourth-order valence-corrected chi connectivity index (χ4v) is 6.22. The van der Waals surface area contributed by atoms with Crippen LogP contribution in [0.2, 0.25) is 0 Å². The lowest BCUT2D eigenvalue weighted by molar-refractivity contribution is -0.158. The quantitative estimate of drug-likeness (QED) is 0.787. The van der Waals surface area contributed by atoms with Gasteiger partial charge in [-0.3, -0.25) is 9.59 Å². The number of hydrogen-bond acceptors (Lipinski definition) is 7. The normalized spacial score (nSPS) is 25.9. The van der Waals surface area contributed by atoms with Gasteiger partial charge >= 0.3 is 5.97 Å². The molecule has 2 aliphatic rings. The number of thiophene rings is 1. The van der Waals surface area contributed by atoms with Gasteiger partial charge in [0.1, 0.15) is 10.9 Å². The average Bonchev–Trinajstić information content (AvgIpc) is 3.20. The summed E-state index contributed by atoms with van der Waals surface area (Å²) in [4.78, 5) is 47.6. The average molecular weight is 408 g/mol. The van der Waals surface area contributed by atoms with Crippen molar-refractivity contribution in [1.29, 1.82) is 0 Å². The van der Waals surface area contributed by atoms with Crippen molar-refractivity contribution in [1.82, 2.24) is 14.9 Å². The number of amides is 1. The third-order valence-electron chi connectivity index (χ3n) is 5.45. The van der Waals surface area contributed by atoms with Crippen molar-refractivity contribution in [3.8, 4) is 0 Å². The lowest BCUT2D eigenvalue weighted by Crippen LogP contribution is -2.46. The van der Waals surface area contributed by atoms with Crippen LogP contribution in [0, 0.1) is 13.8 Å². The van der Waals surface area contributed by atoms with Crippen LogP contribution in [0.4, 0.5) is 0 Å². The number of nitrogens with zero attached hydrogens (tertiary/aromatic N) is 2. The molecule has 4 heterocycles. The molecule has 7 nitrogen and oxygen atoms in total. The van der Waals surface area contributed by atoms with Crippen LogP contribution in [0.1, 0.15) is 49.1 Å². The smallest absolute Gasteiger partial charge is 0.330 e. The Bertz CT molecular complexity index is 1010. The number of rotatable bonds is 3. The highest BCUT2D eigenvalue weighted by Crippen LogP contribution is 2.47. The van der Waals surface area contributed by atoms with Gasteiger partial charge in [-0.05, 0) is 39.7 Å². The molecule has 0 aliphatic carbocycles. The van der Waals surface area contributed by atoms with Gasteiger partial charge in [0.2, 0.25) is 5.91 Å². The minimum atomic E-state index is -0.702. The maximum atomic E-state index is 12.7. The van der Waals surface area contributed by atoms with Crippen molar-refractivity contribution in [3.05, 3.63) is 26.6 Å². The number of aryl methyl sites for hydroxylation is 2. The SMILES string of the molecule is Cc1sc2nc([C@H](C)OC(=O)[C@@H]3CS[C@@]4(C)CCC(=O)N34)[nH]c(=O)c2c1C. The number of aromatic amines is 1. The molecule has 144 valence electrons. The zero-order chi connectivity index (χ0) is 19.5. The molecule has 3 atom stereocenters. The number of esters is 1. The number of carbonyl (C=O) groups excluding carboxylic acids is 2. The van der Waals surface area contributed by atoms with Gasteiger partial charge in [-0.2, -0.15) is 0 Å². The van der Waals surface area contributed by atoms with E-state index in [2.05, 4.69) is 9.97 Å². The fraction of sp³-hybridized carbons (Fsp3) is 0.556. The van der Waals surface area contributed by atoms with Crippen molar-refractivity contribution in [2.45, 2.75) is 57.6 Å². The number of hydrogen-bond donors (Lipinski definition) is 1. The summed E-state index contributed by atoms with van der Waals surface area (Å²) in [5.74, 6) is 0.396. The minimum absolute atomic E-state index is 0.00501. The van der Waals surface area contributed by atoms with Crippen molar-refractivity contribution in [2.24, 2.45) is 0 Å². The van der Waals surface area contributed by atoms with E-state index in [1.54, 1.807) is 23.6 Å². The molecule has 9 heteroatoms. The van der Waals surface area contributed by atoms with Gasteiger partial charge in [0, 0.05) is 17.1 Å². The van der Waals surface area contributed by atoms with Gasteiger partial charge in [-0.15, -0.1) is 23.1 Å². The second kappa shape index (κ2) is 6.34. The van der Waals surface area contributed by atoms with Crippen LogP contribution < -0.4 is 5.56 Å². The van der Waals surface area contributed by atoms with E-state index in [4.69, 9.17) is 4.74 Å². The van der Waals surface area contributed by atoms with Gasteiger partial charge < -0.3 is 14.6 Å². The summed E-state index contributed by atoms with van der Waals surface area (Å²) in [5.41, 5.74) is 0.702. The minimum Gasteiger partial charge on any atom is -0.453 e. The molecule has 1 N–H and O–H groups in total. The van der Waals surface area contributed by atoms with Gasteiger partial charge in [0.15, 0.2) is 11.9 Å². The molecule has 2 aliphatic heterocycles. The number of nitrogens with one attached hydrogen (secondary N) is 1. The Hall–Kier alpha value is -1.87. The Labute approximate surface area is 164 Å². The molecule has 1 amide bonds. The van der Waals surface area contributed by atoms with Crippen LogP contribution in [0.3, 0.4) is 0 Å². The van der Waals surface area contributed by atoms with E-state index in [9.17, 15) is 14.4 Å². The van der Waals surface area contributed by atoms with Crippen molar-refractivity contribution in [3.63, 3.8) is 0 Å². The lowest BCUT2D eigenvalue weighted by atomic mass is 10.2. The van der Waals surface area contributed by atoms with E-state index in [0.29, 0.717) is 28.2 Å². The predicted molar refractivity (Wildman–Crippen MR) is 105 cm³/mol. The first-order valence-electron chi connectivity index (χ1n) is 8.88.